The summed E-state index contributed by atoms with van der Waals surface area (Å²) in [7, 11) is 5.63. The molecule has 0 aliphatic carbocycles. The molecule has 0 radical (unpaired) electrons. The Kier molecular flexibility index (Phi) is 6.02. The van der Waals surface area contributed by atoms with Gasteiger partial charge in [-0.15, -0.1) is 0 Å². The SMILES string of the molecule is CCNC(=NCc1cnn(C)c1)N(C)Cc1ccccc1OC. The van der Waals surface area contributed by atoms with E-state index in [4.69, 9.17) is 4.74 Å². The fourth-order valence-corrected chi connectivity index (χ4v) is 2.35. The number of para-hydroxylation sites is 1. The Balaban J connectivity index is 2.09. The van der Waals surface area contributed by atoms with Gasteiger partial charge in [0.2, 0.25) is 0 Å². The van der Waals surface area contributed by atoms with Gasteiger partial charge in [0.05, 0.1) is 19.9 Å². The van der Waals surface area contributed by atoms with E-state index in [2.05, 4.69) is 33.3 Å². The van der Waals surface area contributed by atoms with Crippen LogP contribution in [0.5, 0.6) is 5.75 Å². The molecule has 2 rings (SSSR count). The zero-order chi connectivity index (χ0) is 16.7. The summed E-state index contributed by atoms with van der Waals surface area (Å²) in [5, 5.41) is 7.50. The normalized spacial score (nSPS) is 11.4. The van der Waals surface area contributed by atoms with Crippen molar-refractivity contribution in [3.63, 3.8) is 0 Å². The van der Waals surface area contributed by atoms with Crippen LogP contribution < -0.4 is 10.1 Å². The predicted molar refractivity (Wildman–Crippen MR) is 92.5 cm³/mol. The molecule has 0 saturated carbocycles. The molecule has 1 heterocycles. The summed E-state index contributed by atoms with van der Waals surface area (Å²) in [4.78, 5) is 6.78. The summed E-state index contributed by atoms with van der Waals surface area (Å²) in [6.45, 7) is 4.22. The Bertz CT molecular complexity index is 650. The molecule has 0 aliphatic heterocycles. The van der Waals surface area contributed by atoms with Crippen molar-refractivity contribution in [3.05, 3.63) is 47.8 Å². The second-order valence-electron chi connectivity index (χ2n) is 5.36. The van der Waals surface area contributed by atoms with Gasteiger partial charge in [0.1, 0.15) is 5.75 Å². The molecule has 1 aromatic carbocycles. The van der Waals surface area contributed by atoms with Crippen LogP contribution in [0.2, 0.25) is 0 Å². The van der Waals surface area contributed by atoms with E-state index >= 15 is 0 Å². The Labute approximate surface area is 137 Å². The molecule has 2 aromatic rings. The maximum Gasteiger partial charge on any atom is 0.194 e. The van der Waals surface area contributed by atoms with Gasteiger partial charge in [-0.1, -0.05) is 18.2 Å². The van der Waals surface area contributed by atoms with Crippen LogP contribution in [0.15, 0.2) is 41.7 Å². The highest BCUT2D eigenvalue weighted by molar-refractivity contribution is 5.79. The van der Waals surface area contributed by atoms with Crippen molar-refractivity contribution in [1.82, 2.24) is 20.0 Å². The van der Waals surface area contributed by atoms with Crippen LogP contribution >= 0.6 is 0 Å². The van der Waals surface area contributed by atoms with Crippen molar-refractivity contribution >= 4 is 5.96 Å². The van der Waals surface area contributed by atoms with Crippen LogP contribution in [0, 0.1) is 0 Å². The van der Waals surface area contributed by atoms with Gasteiger partial charge in [0.15, 0.2) is 5.96 Å². The number of hydrogen-bond acceptors (Lipinski definition) is 3. The topological polar surface area (TPSA) is 54.7 Å². The maximum atomic E-state index is 5.42. The lowest BCUT2D eigenvalue weighted by atomic mass is 10.2. The van der Waals surface area contributed by atoms with Crippen molar-refractivity contribution in [2.75, 3.05) is 20.7 Å². The number of hydrogen-bond donors (Lipinski definition) is 1. The van der Waals surface area contributed by atoms with Gasteiger partial charge in [-0.25, -0.2) is 4.99 Å². The standard InChI is InChI=1S/C17H25N5O/c1-5-18-17(19-10-14-11-20-22(3)12-14)21(2)13-15-8-6-7-9-16(15)23-4/h6-9,11-12H,5,10,13H2,1-4H3,(H,18,19). The molecule has 6 nitrogen and oxygen atoms in total. The van der Waals surface area contributed by atoms with Gasteiger partial charge in [0.25, 0.3) is 0 Å². The summed E-state index contributed by atoms with van der Waals surface area (Å²) in [5.74, 6) is 1.75. The molecule has 0 bridgehead atoms. The number of benzene rings is 1. The summed E-state index contributed by atoms with van der Waals surface area (Å²) in [5.41, 5.74) is 2.22. The molecule has 0 aliphatic rings. The Morgan fingerprint density at radius 1 is 1.39 bits per heavy atom. The molecule has 0 spiro atoms. The van der Waals surface area contributed by atoms with E-state index in [-0.39, 0.29) is 0 Å². The first kappa shape index (κ1) is 16.9. The number of methoxy groups -OCH3 is 1. The van der Waals surface area contributed by atoms with Gasteiger partial charge < -0.3 is 15.0 Å². The molecule has 124 valence electrons. The molecule has 0 amide bonds. The van der Waals surface area contributed by atoms with E-state index in [1.54, 1.807) is 11.8 Å². The van der Waals surface area contributed by atoms with Crippen molar-refractivity contribution in [1.29, 1.82) is 0 Å². The van der Waals surface area contributed by atoms with Crippen LogP contribution in [0.25, 0.3) is 0 Å². The molecule has 23 heavy (non-hydrogen) atoms. The van der Waals surface area contributed by atoms with Gasteiger partial charge in [0, 0.05) is 44.5 Å². The minimum atomic E-state index is 0.604. The summed E-state index contributed by atoms with van der Waals surface area (Å²) >= 11 is 0. The number of guanidine groups is 1. The molecular formula is C17H25N5O. The lowest BCUT2D eigenvalue weighted by Crippen LogP contribution is -2.38. The molecule has 0 fully saturated rings. The number of ether oxygens (including phenoxy) is 1. The van der Waals surface area contributed by atoms with Crippen molar-refractivity contribution < 1.29 is 4.74 Å². The summed E-state index contributed by atoms with van der Waals surface area (Å²) < 4.78 is 7.21. The molecule has 1 N–H and O–H groups in total. The van der Waals surface area contributed by atoms with Crippen LogP contribution in [0.1, 0.15) is 18.1 Å². The third kappa shape index (κ3) is 4.74. The fraction of sp³-hybridized carbons (Fsp3) is 0.412. The van der Waals surface area contributed by atoms with Crippen LogP contribution in [0.4, 0.5) is 0 Å². The number of rotatable bonds is 6. The molecule has 0 saturated heterocycles. The van der Waals surface area contributed by atoms with E-state index in [1.807, 2.05) is 44.7 Å². The molecule has 0 unspecified atom stereocenters. The zero-order valence-corrected chi connectivity index (χ0v) is 14.3. The predicted octanol–water partition coefficient (Wildman–Crippen LogP) is 2.03. The maximum absolute atomic E-state index is 5.42. The van der Waals surface area contributed by atoms with E-state index in [0.29, 0.717) is 6.54 Å². The van der Waals surface area contributed by atoms with Gasteiger partial charge >= 0.3 is 0 Å². The first-order valence-corrected chi connectivity index (χ1v) is 7.73. The first-order valence-electron chi connectivity index (χ1n) is 7.73. The second kappa shape index (κ2) is 8.22. The van der Waals surface area contributed by atoms with Gasteiger partial charge in [-0.3, -0.25) is 4.68 Å². The highest BCUT2D eigenvalue weighted by Gasteiger charge is 2.10. The van der Waals surface area contributed by atoms with Crippen molar-refractivity contribution in [3.8, 4) is 5.75 Å². The Morgan fingerprint density at radius 3 is 2.83 bits per heavy atom. The average molecular weight is 315 g/mol. The third-order valence-electron chi connectivity index (χ3n) is 3.47. The first-order chi connectivity index (χ1) is 11.1. The molecule has 1 aromatic heterocycles. The van der Waals surface area contributed by atoms with Gasteiger partial charge in [-0.05, 0) is 13.0 Å². The monoisotopic (exact) mass is 315 g/mol. The van der Waals surface area contributed by atoms with E-state index in [1.165, 1.54) is 0 Å². The number of aryl methyl sites for hydroxylation is 1. The van der Waals surface area contributed by atoms with Crippen molar-refractivity contribution in [2.24, 2.45) is 12.0 Å². The quantitative estimate of drug-likeness (QED) is 0.654. The molecule has 0 atom stereocenters. The van der Waals surface area contributed by atoms with E-state index in [9.17, 15) is 0 Å². The van der Waals surface area contributed by atoms with Crippen LogP contribution in [-0.4, -0.2) is 41.3 Å². The Morgan fingerprint density at radius 2 is 2.17 bits per heavy atom. The van der Waals surface area contributed by atoms with Crippen molar-refractivity contribution in [2.45, 2.75) is 20.0 Å². The fourth-order valence-electron chi connectivity index (χ4n) is 2.35. The van der Waals surface area contributed by atoms with E-state index < -0.39 is 0 Å². The van der Waals surface area contributed by atoms with E-state index in [0.717, 1.165) is 35.9 Å². The summed E-state index contributed by atoms with van der Waals surface area (Å²) in [6.07, 6.45) is 3.82. The summed E-state index contributed by atoms with van der Waals surface area (Å²) in [6, 6.07) is 8.04. The second-order valence-corrected chi connectivity index (χ2v) is 5.36. The van der Waals surface area contributed by atoms with Crippen LogP contribution in [0.3, 0.4) is 0 Å². The molecular weight excluding hydrogens is 290 g/mol. The minimum Gasteiger partial charge on any atom is -0.496 e. The average Bonchev–Trinajstić information content (AvgIpc) is 2.97. The van der Waals surface area contributed by atoms with Gasteiger partial charge in [-0.2, -0.15) is 5.10 Å². The highest BCUT2D eigenvalue weighted by Crippen LogP contribution is 2.18. The lowest BCUT2D eigenvalue weighted by Gasteiger charge is -2.23. The zero-order valence-electron chi connectivity index (χ0n) is 14.3. The van der Waals surface area contributed by atoms with Crippen LogP contribution in [-0.2, 0) is 20.1 Å². The largest absolute Gasteiger partial charge is 0.496 e. The number of nitrogens with zero attached hydrogens (tertiary/aromatic N) is 4. The number of aliphatic imine (C=N–C) groups is 1. The lowest BCUT2D eigenvalue weighted by molar-refractivity contribution is 0.396. The molecule has 6 heteroatoms. The number of nitrogens with one attached hydrogen (secondary N) is 1. The smallest absolute Gasteiger partial charge is 0.194 e. The third-order valence-corrected chi connectivity index (χ3v) is 3.47. The highest BCUT2D eigenvalue weighted by atomic mass is 16.5. The minimum absolute atomic E-state index is 0.604. The Hall–Kier alpha value is -2.50. The number of aromatic nitrogens is 2.